The Hall–Kier alpha value is -4.37. The first kappa shape index (κ1) is 28.2. The van der Waals surface area contributed by atoms with E-state index in [2.05, 4.69) is 11.2 Å². The van der Waals surface area contributed by atoms with Crippen molar-refractivity contribution >= 4 is 53.4 Å². The summed E-state index contributed by atoms with van der Waals surface area (Å²) in [4.78, 5) is 0.377. The summed E-state index contributed by atoms with van der Waals surface area (Å²) in [6.07, 6.45) is 3.25. The lowest BCUT2D eigenvalue weighted by atomic mass is 10.0. The van der Waals surface area contributed by atoms with Gasteiger partial charge in [-0.25, -0.2) is 0 Å². The van der Waals surface area contributed by atoms with Crippen LogP contribution in [0.5, 0.6) is 5.75 Å². The summed E-state index contributed by atoms with van der Waals surface area (Å²) in [5.74, 6) is -0.0317. The zero-order valence-electron chi connectivity index (χ0n) is 21.8. The van der Waals surface area contributed by atoms with Gasteiger partial charge in [0.2, 0.25) is 0 Å². The quantitative estimate of drug-likeness (QED) is 0.134. The van der Waals surface area contributed by atoms with Gasteiger partial charge in [0.05, 0.1) is 5.57 Å². The zero-order valence-corrected chi connectivity index (χ0v) is 24.3. The van der Waals surface area contributed by atoms with E-state index < -0.39 is 20.2 Å². The van der Waals surface area contributed by atoms with Crippen LogP contribution in [0.3, 0.4) is 0 Å². The molecular formula is C30H22N2O6S3. The first-order valence-electron chi connectivity index (χ1n) is 12.2. The molecular weight excluding hydrogens is 581 g/mol. The predicted octanol–water partition coefficient (Wildman–Crippen LogP) is 6.48. The van der Waals surface area contributed by atoms with E-state index in [1.165, 1.54) is 30.3 Å². The number of fused-ring (bicyclic) bond motifs is 1. The largest absolute Gasteiger partial charge is 0.378 e. The van der Waals surface area contributed by atoms with Crippen LogP contribution in [-0.4, -0.2) is 21.9 Å². The van der Waals surface area contributed by atoms with Crippen LogP contribution >= 0.6 is 11.8 Å². The Kier molecular flexibility index (Phi) is 7.73. The predicted molar refractivity (Wildman–Crippen MR) is 159 cm³/mol. The number of rotatable bonds is 7. The van der Waals surface area contributed by atoms with Crippen LogP contribution in [0.15, 0.2) is 117 Å². The van der Waals surface area contributed by atoms with Crippen molar-refractivity contribution in [2.45, 2.75) is 23.6 Å². The van der Waals surface area contributed by atoms with E-state index in [9.17, 15) is 22.1 Å². The van der Waals surface area contributed by atoms with E-state index in [0.717, 1.165) is 28.5 Å². The number of aryl methyl sites for hydroxylation is 2. The minimum absolute atomic E-state index is 0.0273. The summed E-state index contributed by atoms with van der Waals surface area (Å²) in [6, 6.07) is 24.7. The third-order valence-electron chi connectivity index (χ3n) is 6.21. The van der Waals surface area contributed by atoms with Crippen molar-refractivity contribution in [2.24, 2.45) is 5.16 Å². The maximum atomic E-state index is 13.2. The lowest BCUT2D eigenvalue weighted by Gasteiger charge is -2.12. The normalized spacial score (nSPS) is 15.6. The van der Waals surface area contributed by atoms with Gasteiger partial charge in [-0.05, 0) is 61.4 Å². The number of thioether (sulfide) groups is 1. The molecule has 0 aliphatic carbocycles. The summed E-state index contributed by atoms with van der Waals surface area (Å²) in [7, 11) is -8.58. The second-order valence-electron chi connectivity index (χ2n) is 9.02. The maximum Gasteiger partial charge on any atom is 0.359 e. The van der Waals surface area contributed by atoms with Gasteiger partial charge in [0.1, 0.15) is 20.9 Å². The highest BCUT2D eigenvalue weighted by Gasteiger charge is 2.25. The van der Waals surface area contributed by atoms with Crippen molar-refractivity contribution in [1.82, 2.24) is 0 Å². The van der Waals surface area contributed by atoms with Gasteiger partial charge in [0.15, 0.2) is 5.75 Å². The maximum absolute atomic E-state index is 13.2. The molecule has 8 nitrogen and oxygen atoms in total. The van der Waals surface area contributed by atoms with Crippen LogP contribution in [-0.2, 0) is 24.5 Å². The highest BCUT2D eigenvalue weighted by molar-refractivity contribution is 8.18. The topological polar surface area (TPSA) is 123 Å². The highest BCUT2D eigenvalue weighted by atomic mass is 32.2. The number of hydrogen-bond acceptors (Lipinski definition) is 9. The molecule has 41 heavy (non-hydrogen) atoms. The summed E-state index contributed by atoms with van der Waals surface area (Å²) in [6.45, 7) is 3.74. The van der Waals surface area contributed by atoms with Crippen LogP contribution in [0.1, 0.15) is 16.7 Å². The van der Waals surface area contributed by atoms with E-state index >= 15 is 0 Å². The zero-order chi connectivity index (χ0) is 29.2. The van der Waals surface area contributed by atoms with Crippen molar-refractivity contribution in [1.29, 1.82) is 5.26 Å². The minimum Gasteiger partial charge on any atom is -0.378 e. The molecule has 206 valence electrons. The highest BCUT2D eigenvalue weighted by Crippen LogP contribution is 2.36. The Morgan fingerprint density at radius 1 is 0.805 bits per heavy atom. The Morgan fingerprint density at radius 2 is 1.49 bits per heavy atom. The van der Waals surface area contributed by atoms with Gasteiger partial charge in [-0.1, -0.05) is 83.1 Å². The Balaban J connectivity index is 1.42. The van der Waals surface area contributed by atoms with Gasteiger partial charge in [0.25, 0.3) is 0 Å². The third-order valence-corrected chi connectivity index (χ3v) is 9.61. The van der Waals surface area contributed by atoms with Crippen LogP contribution < -0.4 is 4.18 Å². The molecule has 0 N–H and O–H groups in total. The monoisotopic (exact) mass is 602 g/mol. The fraction of sp³-hybridized carbons (Fsp3) is 0.0667. The lowest BCUT2D eigenvalue weighted by molar-refractivity contribution is 0.341. The molecule has 11 heteroatoms. The number of benzene rings is 4. The molecule has 1 heterocycles. The van der Waals surface area contributed by atoms with E-state index in [1.54, 1.807) is 42.5 Å². The fourth-order valence-corrected chi connectivity index (χ4v) is 6.91. The first-order valence-corrected chi connectivity index (χ1v) is 15.8. The standard InChI is InChI=1S/C30H22N2O6S3/c1-20-11-13-22(14-12-20)40(33,34)37-27-15-17-29(25-10-6-5-9-24(25)27)41(35,36)38-32-30-18-16-28(39-30)26(19-31)23-8-4-3-7-21(23)2/h3-18H,1-2H3. The molecule has 0 saturated carbocycles. The summed E-state index contributed by atoms with van der Waals surface area (Å²) < 4.78 is 62.6. The molecule has 0 saturated heterocycles. The minimum atomic E-state index is -4.41. The Morgan fingerprint density at radius 3 is 2.20 bits per heavy atom. The van der Waals surface area contributed by atoms with Crippen molar-refractivity contribution in [3.63, 3.8) is 0 Å². The van der Waals surface area contributed by atoms with Gasteiger partial charge in [-0.15, -0.1) is 0 Å². The van der Waals surface area contributed by atoms with Gasteiger partial charge in [0, 0.05) is 15.7 Å². The van der Waals surface area contributed by atoms with Crippen molar-refractivity contribution in [3.05, 3.63) is 119 Å². The van der Waals surface area contributed by atoms with Gasteiger partial charge < -0.3 is 4.18 Å². The van der Waals surface area contributed by atoms with Crippen molar-refractivity contribution < 1.29 is 25.3 Å². The molecule has 1 aliphatic rings. The number of nitrogens with zero attached hydrogens (tertiary/aromatic N) is 2. The molecule has 0 spiro atoms. The average Bonchev–Trinajstić information content (AvgIpc) is 3.42. The van der Waals surface area contributed by atoms with E-state index in [4.69, 9.17) is 8.47 Å². The summed E-state index contributed by atoms with van der Waals surface area (Å²) in [5, 5.41) is 14.3. The van der Waals surface area contributed by atoms with Gasteiger partial charge in [-0.3, -0.25) is 4.28 Å². The molecule has 0 unspecified atom stereocenters. The average molecular weight is 603 g/mol. The Labute approximate surface area is 242 Å². The van der Waals surface area contributed by atoms with Crippen LogP contribution in [0.2, 0.25) is 0 Å². The SMILES string of the molecule is Cc1ccc(S(=O)(=O)Oc2ccc(S(=O)(=O)ON=C3C=CC(=C(C#N)c4ccccc4C)S3)c3ccccc23)cc1. The van der Waals surface area contributed by atoms with E-state index in [0.29, 0.717) is 10.5 Å². The second kappa shape index (κ2) is 11.2. The molecule has 0 atom stereocenters. The van der Waals surface area contributed by atoms with Gasteiger partial charge in [-0.2, -0.15) is 22.1 Å². The lowest BCUT2D eigenvalue weighted by Crippen LogP contribution is -2.11. The number of nitriles is 1. The molecule has 0 aromatic heterocycles. The molecule has 0 radical (unpaired) electrons. The summed E-state index contributed by atoms with van der Waals surface area (Å²) >= 11 is 1.11. The third kappa shape index (κ3) is 5.90. The molecule has 4 aromatic rings. The van der Waals surface area contributed by atoms with E-state index in [1.807, 2.05) is 38.1 Å². The molecule has 0 bridgehead atoms. The Bertz CT molecular complexity index is 2020. The number of hydrogen-bond donors (Lipinski definition) is 0. The van der Waals surface area contributed by atoms with Crippen molar-refractivity contribution in [2.75, 3.05) is 0 Å². The second-order valence-corrected chi connectivity index (χ2v) is 13.1. The molecule has 1 aliphatic heterocycles. The smallest absolute Gasteiger partial charge is 0.359 e. The first-order chi connectivity index (χ1) is 19.6. The van der Waals surface area contributed by atoms with Crippen LogP contribution in [0.4, 0.5) is 0 Å². The molecule has 0 amide bonds. The molecule has 5 rings (SSSR count). The van der Waals surface area contributed by atoms with Crippen LogP contribution in [0.25, 0.3) is 16.3 Å². The fourth-order valence-electron chi connectivity index (χ4n) is 4.14. The molecule has 4 aromatic carbocycles. The van der Waals surface area contributed by atoms with E-state index in [-0.39, 0.29) is 31.4 Å². The summed E-state index contributed by atoms with van der Waals surface area (Å²) in [5.41, 5.74) is 3.04. The number of allylic oxidation sites excluding steroid dienone is 2. The van der Waals surface area contributed by atoms with Crippen molar-refractivity contribution in [3.8, 4) is 11.8 Å². The van der Waals surface area contributed by atoms with Gasteiger partial charge >= 0.3 is 20.2 Å². The van der Waals surface area contributed by atoms with Crippen LogP contribution in [0, 0.1) is 25.2 Å². The number of oxime groups is 1. The molecule has 0 fully saturated rings.